The standard InChI is InChI=1S/C13H17BrN2O2/c1-16-6-5-15-11(8-16)13(17)9-3-4-12(18-2)10(14)7-9/h3-4,7,11,15H,5-6,8H2,1-2H3. The van der Waals surface area contributed by atoms with Crippen LogP contribution in [0.25, 0.3) is 0 Å². The summed E-state index contributed by atoms with van der Waals surface area (Å²) in [5, 5.41) is 3.26. The fourth-order valence-electron chi connectivity index (χ4n) is 2.09. The van der Waals surface area contributed by atoms with Crippen molar-refractivity contribution in [2.75, 3.05) is 33.8 Å². The van der Waals surface area contributed by atoms with Crippen molar-refractivity contribution in [3.05, 3.63) is 28.2 Å². The monoisotopic (exact) mass is 312 g/mol. The van der Waals surface area contributed by atoms with Gasteiger partial charge in [0, 0.05) is 25.2 Å². The van der Waals surface area contributed by atoms with E-state index in [-0.39, 0.29) is 11.8 Å². The minimum atomic E-state index is -0.121. The summed E-state index contributed by atoms with van der Waals surface area (Å²) in [6, 6.07) is 5.31. The molecule has 2 rings (SSSR count). The SMILES string of the molecule is COc1ccc(C(=O)C2CN(C)CCN2)cc1Br. The summed E-state index contributed by atoms with van der Waals surface area (Å²) in [5.41, 5.74) is 0.704. The molecule has 0 saturated carbocycles. The number of Topliss-reactive ketones (excluding diaryl/α,β-unsaturated/α-hetero) is 1. The zero-order chi connectivity index (χ0) is 13.1. The summed E-state index contributed by atoms with van der Waals surface area (Å²) in [6.45, 7) is 2.59. The Balaban J connectivity index is 2.15. The van der Waals surface area contributed by atoms with Crippen molar-refractivity contribution in [2.24, 2.45) is 0 Å². The minimum Gasteiger partial charge on any atom is -0.496 e. The van der Waals surface area contributed by atoms with Gasteiger partial charge in [-0.15, -0.1) is 0 Å². The van der Waals surface area contributed by atoms with Gasteiger partial charge in [-0.25, -0.2) is 0 Å². The molecule has 1 aromatic rings. The number of rotatable bonds is 3. The lowest BCUT2D eigenvalue weighted by Crippen LogP contribution is -2.52. The van der Waals surface area contributed by atoms with Gasteiger partial charge in [-0.1, -0.05) is 0 Å². The second-order valence-corrected chi connectivity index (χ2v) is 5.34. The van der Waals surface area contributed by atoms with Crippen molar-refractivity contribution in [2.45, 2.75) is 6.04 Å². The predicted octanol–water partition coefficient (Wildman–Crippen LogP) is 1.54. The Morgan fingerprint density at radius 3 is 2.94 bits per heavy atom. The first-order valence-electron chi connectivity index (χ1n) is 5.91. The Hall–Kier alpha value is -0.910. The Bertz CT molecular complexity index is 451. The summed E-state index contributed by atoms with van der Waals surface area (Å²) in [6.07, 6.45) is 0. The van der Waals surface area contributed by atoms with E-state index in [1.54, 1.807) is 7.11 Å². The second-order valence-electron chi connectivity index (χ2n) is 4.48. The number of ether oxygens (including phenoxy) is 1. The van der Waals surface area contributed by atoms with Crippen molar-refractivity contribution >= 4 is 21.7 Å². The molecule has 4 nitrogen and oxygen atoms in total. The van der Waals surface area contributed by atoms with Crippen LogP contribution in [0.1, 0.15) is 10.4 Å². The molecule has 1 aliphatic heterocycles. The highest BCUT2D eigenvalue weighted by Crippen LogP contribution is 2.26. The molecular formula is C13H17BrN2O2. The highest BCUT2D eigenvalue weighted by atomic mass is 79.9. The van der Waals surface area contributed by atoms with Crippen LogP contribution in [0.5, 0.6) is 5.75 Å². The maximum Gasteiger partial charge on any atom is 0.181 e. The van der Waals surface area contributed by atoms with Crippen LogP contribution in [0.3, 0.4) is 0 Å². The van der Waals surface area contributed by atoms with Gasteiger partial charge in [-0.3, -0.25) is 4.79 Å². The quantitative estimate of drug-likeness (QED) is 0.860. The highest BCUT2D eigenvalue weighted by molar-refractivity contribution is 9.10. The molecule has 1 saturated heterocycles. The van der Waals surface area contributed by atoms with Gasteiger partial charge in [-0.2, -0.15) is 0 Å². The van der Waals surface area contributed by atoms with E-state index >= 15 is 0 Å². The van der Waals surface area contributed by atoms with Crippen LogP contribution in [-0.4, -0.2) is 50.5 Å². The molecule has 98 valence electrons. The number of methoxy groups -OCH3 is 1. The summed E-state index contributed by atoms with van der Waals surface area (Å²) in [4.78, 5) is 14.5. The average Bonchev–Trinajstić information content (AvgIpc) is 2.37. The van der Waals surface area contributed by atoms with E-state index in [9.17, 15) is 4.79 Å². The van der Waals surface area contributed by atoms with Crippen molar-refractivity contribution in [3.63, 3.8) is 0 Å². The fraction of sp³-hybridized carbons (Fsp3) is 0.462. The third kappa shape index (κ3) is 2.91. The number of hydrogen-bond acceptors (Lipinski definition) is 4. The number of ketones is 1. The summed E-state index contributed by atoms with van der Waals surface area (Å²) in [7, 11) is 3.64. The lowest BCUT2D eigenvalue weighted by atomic mass is 10.0. The number of hydrogen-bond donors (Lipinski definition) is 1. The molecule has 0 radical (unpaired) electrons. The lowest BCUT2D eigenvalue weighted by Gasteiger charge is -2.30. The van der Waals surface area contributed by atoms with E-state index in [0.29, 0.717) is 5.56 Å². The van der Waals surface area contributed by atoms with Crippen molar-refractivity contribution < 1.29 is 9.53 Å². The van der Waals surface area contributed by atoms with Gasteiger partial charge in [0.05, 0.1) is 17.6 Å². The first kappa shape index (κ1) is 13.5. The molecule has 18 heavy (non-hydrogen) atoms. The van der Waals surface area contributed by atoms with Crippen LogP contribution in [0, 0.1) is 0 Å². The van der Waals surface area contributed by atoms with Gasteiger partial charge >= 0.3 is 0 Å². The lowest BCUT2D eigenvalue weighted by molar-refractivity contribution is 0.0894. The Kier molecular flexibility index (Phi) is 4.37. The van der Waals surface area contributed by atoms with Crippen LogP contribution >= 0.6 is 15.9 Å². The van der Waals surface area contributed by atoms with Gasteiger partial charge in [0.25, 0.3) is 0 Å². The molecule has 1 N–H and O–H groups in total. The van der Waals surface area contributed by atoms with Gasteiger partial charge < -0.3 is 15.0 Å². The molecule has 0 aliphatic carbocycles. The molecular weight excluding hydrogens is 296 g/mol. The Labute approximate surface area is 115 Å². The normalized spacial score (nSPS) is 20.7. The van der Waals surface area contributed by atoms with E-state index in [0.717, 1.165) is 29.9 Å². The van der Waals surface area contributed by atoms with E-state index in [4.69, 9.17) is 4.74 Å². The molecule has 1 unspecified atom stereocenters. The Morgan fingerprint density at radius 1 is 1.56 bits per heavy atom. The first-order valence-corrected chi connectivity index (χ1v) is 6.71. The molecule has 0 aromatic heterocycles. The molecule has 1 atom stereocenters. The van der Waals surface area contributed by atoms with E-state index in [2.05, 4.69) is 26.1 Å². The maximum atomic E-state index is 12.3. The van der Waals surface area contributed by atoms with Gasteiger partial charge in [0.2, 0.25) is 0 Å². The van der Waals surface area contributed by atoms with Gasteiger partial charge in [0.1, 0.15) is 5.75 Å². The number of likely N-dealkylation sites (N-methyl/N-ethyl adjacent to an activating group) is 1. The van der Waals surface area contributed by atoms with Crippen LogP contribution in [0.15, 0.2) is 22.7 Å². The molecule has 1 fully saturated rings. The molecule has 1 aromatic carbocycles. The molecule has 0 bridgehead atoms. The van der Waals surface area contributed by atoms with E-state index < -0.39 is 0 Å². The van der Waals surface area contributed by atoms with Crippen LogP contribution in [-0.2, 0) is 0 Å². The summed E-state index contributed by atoms with van der Waals surface area (Å²) < 4.78 is 5.97. The average molecular weight is 313 g/mol. The number of halogens is 1. The first-order chi connectivity index (χ1) is 8.61. The molecule has 1 aliphatic rings. The number of carbonyl (C=O) groups is 1. The molecule has 0 spiro atoms. The third-order valence-corrected chi connectivity index (χ3v) is 3.75. The van der Waals surface area contributed by atoms with Crippen LogP contribution in [0.2, 0.25) is 0 Å². The molecule has 5 heteroatoms. The molecule has 1 heterocycles. The van der Waals surface area contributed by atoms with Crippen molar-refractivity contribution in [3.8, 4) is 5.75 Å². The smallest absolute Gasteiger partial charge is 0.181 e. The summed E-state index contributed by atoms with van der Waals surface area (Å²) >= 11 is 3.40. The number of benzene rings is 1. The van der Waals surface area contributed by atoms with E-state index in [1.165, 1.54) is 0 Å². The van der Waals surface area contributed by atoms with Gasteiger partial charge in [-0.05, 0) is 41.2 Å². The number of nitrogens with one attached hydrogen (secondary N) is 1. The van der Waals surface area contributed by atoms with Crippen molar-refractivity contribution in [1.29, 1.82) is 0 Å². The topological polar surface area (TPSA) is 41.6 Å². The van der Waals surface area contributed by atoms with Gasteiger partial charge in [0.15, 0.2) is 5.78 Å². The fourth-order valence-corrected chi connectivity index (χ4v) is 2.63. The Morgan fingerprint density at radius 2 is 2.33 bits per heavy atom. The predicted molar refractivity (Wildman–Crippen MR) is 74.3 cm³/mol. The minimum absolute atomic E-state index is 0.121. The zero-order valence-electron chi connectivity index (χ0n) is 10.6. The third-order valence-electron chi connectivity index (χ3n) is 3.13. The zero-order valence-corrected chi connectivity index (χ0v) is 12.2. The number of carbonyl (C=O) groups excluding carboxylic acids is 1. The van der Waals surface area contributed by atoms with Crippen LogP contribution < -0.4 is 10.1 Å². The number of piperazine rings is 1. The highest BCUT2D eigenvalue weighted by Gasteiger charge is 2.24. The summed E-state index contributed by atoms with van der Waals surface area (Å²) in [5.74, 6) is 0.866. The van der Waals surface area contributed by atoms with Crippen molar-refractivity contribution in [1.82, 2.24) is 10.2 Å². The largest absolute Gasteiger partial charge is 0.496 e. The number of nitrogens with zero attached hydrogens (tertiary/aromatic N) is 1. The maximum absolute atomic E-state index is 12.3. The second kappa shape index (κ2) is 5.82. The van der Waals surface area contributed by atoms with E-state index in [1.807, 2.05) is 25.2 Å². The molecule has 0 amide bonds. The van der Waals surface area contributed by atoms with Crippen LogP contribution in [0.4, 0.5) is 0 Å².